The third-order valence-electron chi connectivity index (χ3n) is 2.46. The molecule has 0 spiro atoms. The Bertz CT molecular complexity index is 719. The molecule has 1 N–H and O–H groups in total. The molecule has 2 aromatic rings. The molecule has 1 aromatic heterocycles. The molecule has 110 valence electrons. The number of rotatable bonds is 2. The van der Waals surface area contributed by atoms with E-state index in [0.717, 1.165) is 12.1 Å². The average Bonchev–Trinajstić information content (AvgIpc) is 2.37. The highest BCUT2D eigenvalue weighted by molar-refractivity contribution is 9.10. The lowest BCUT2D eigenvalue weighted by molar-refractivity contribution is -0.141. The summed E-state index contributed by atoms with van der Waals surface area (Å²) >= 11 is 2.99. The van der Waals surface area contributed by atoms with Crippen LogP contribution in [0.25, 0.3) is 11.4 Å². The van der Waals surface area contributed by atoms with Crippen LogP contribution < -0.4 is 0 Å². The first-order valence-electron chi connectivity index (χ1n) is 5.33. The minimum atomic E-state index is -4.95. The molecule has 0 saturated heterocycles. The first-order chi connectivity index (χ1) is 9.70. The maximum absolute atomic E-state index is 13.0. The summed E-state index contributed by atoms with van der Waals surface area (Å²) < 4.78 is 51.7. The standard InChI is InChI=1S/C12H5BrF4N2O2/c13-8-3-5(14)1-2-6(8)10-18-4-7(11(20)21)9(19-10)12(15,16)17/h1-4H,(H,20,21). The van der Waals surface area contributed by atoms with E-state index < -0.39 is 29.2 Å². The summed E-state index contributed by atoms with van der Waals surface area (Å²) in [6.07, 6.45) is -4.37. The molecule has 0 unspecified atom stereocenters. The summed E-state index contributed by atoms with van der Waals surface area (Å²) in [5, 5.41) is 8.74. The maximum atomic E-state index is 13.0. The Morgan fingerprint density at radius 3 is 2.48 bits per heavy atom. The van der Waals surface area contributed by atoms with E-state index >= 15 is 0 Å². The number of carbonyl (C=O) groups is 1. The van der Waals surface area contributed by atoms with E-state index in [4.69, 9.17) is 5.11 Å². The van der Waals surface area contributed by atoms with Gasteiger partial charge in [0.25, 0.3) is 0 Å². The molecule has 0 radical (unpaired) electrons. The van der Waals surface area contributed by atoms with Gasteiger partial charge < -0.3 is 5.11 Å². The molecular weight excluding hydrogens is 360 g/mol. The van der Waals surface area contributed by atoms with E-state index in [1.807, 2.05) is 0 Å². The van der Waals surface area contributed by atoms with Crippen molar-refractivity contribution in [2.75, 3.05) is 0 Å². The van der Waals surface area contributed by atoms with Crippen LogP contribution in [0.15, 0.2) is 28.9 Å². The van der Waals surface area contributed by atoms with E-state index in [9.17, 15) is 22.4 Å². The predicted molar refractivity (Wildman–Crippen MR) is 67.1 cm³/mol. The highest BCUT2D eigenvalue weighted by atomic mass is 79.9. The van der Waals surface area contributed by atoms with E-state index in [1.165, 1.54) is 6.07 Å². The second kappa shape index (κ2) is 5.40. The lowest BCUT2D eigenvalue weighted by Crippen LogP contribution is -2.16. The summed E-state index contributed by atoms with van der Waals surface area (Å²) in [7, 11) is 0. The van der Waals surface area contributed by atoms with Gasteiger partial charge in [-0.25, -0.2) is 19.2 Å². The van der Waals surface area contributed by atoms with Crippen molar-refractivity contribution in [3.05, 3.63) is 45.9 Å². The van der Waals surface area contributed by atoms with Gasteiger partial charge in [0.05, 0.1) is 0 Å². The van der Waals surface area contributed by atoms with E-state index in [1.54, 1.807) is 0 Å². The molecule has 0 amide bonds. The largest absolute Gasteiger partial charge is 0.478 e. The average molecular weight is 365 g/mol. The second-order valence-corrected chi connectivity index (χ2v) is 4.74. The van der Waals surface area contributed by atoms with E-state index in [0.29, 0.717) is 6.20 Å². The quantitative estimate of drug-likeness (QED) is 0.824. The molecule has 2 rings (SSSR count). The number of halogens is 5. The summed E-state index contributed by atoms with van der Waals surface area (Å²) in [6.45, 7) is 0. The van der Waals surface area contributed by atoms with Crippen molar-refractivity contribution in [1.29, 1.82) is 0 Å². The normalized spacial score (nSPS) is 11.5. The molecule has 0 saturated carbocycles. The van der Waals surface area contributed by atoms with Gasteiger partial charge >= 0.3 is 12.1 Å². The summed E-state index contributed by atoms with van der Waals surface area (Å²) in [4.78, 5) is 17.6. The number of hydrogen-bond donors (Lipinski definition) is 1. The molecule has 1 heterocycles. The van der Waals surface area contributed by atoms with Gasteiger partial charge in [-0.05, 0) is 34.1 Å². The molecule has 9 heteroatoms. The fraction of sp³-hybridized carbons (Fsp3) is 0.0833. The van der Waals surface area contributed by atoms with Crippen LogP contribution in [0.4, 0.5) is 17.6 Å². The van der Waals surface area contributed by atoms with E-state index in [-0.39, 0.29) is 15.9 Å². The third-order valence-corrected chi connectivity index (χ3v) is 3.12. The molecule has 0 aliphatic rings. The molecule has 0 bridgehead atoms. The Kier molecular flexibility index (Phi) is 3.95. The zero-order valence-corrected chi connectivity index (χ0v) is 11.5. The van der Waals surface area contributed by atoms with Crippen molar-refractivity contribution in [2.24, 2.45) is 0 Å². The maximum Gasteiger partial charge on any atom is 0.434 e. The summed E-state index contributed by atoms with van der Waals surface area (Å²) in [6, 6.07) is 3.26. The molecule has 0 atom stereocenters. The van der Waals surface area contributed by atoms with Gasteiger partial charge in [0.15, 0.2) is 11.5 Å². The Morgan fingerprint density at radius 2 is 1.95 bits per heavy atom. The number of carboxylic acid groups (broad SMARTS) is 1. The topological polar surface area (TPSA) is 63.1 Å². The molecule has 21 heavy (non-hydrogen) atoms. The molecule has 1 aromatic carbocycles. The Balaban J connectivity index is 2.64. The van der Waals surface area contributed by atoms with Crippen molar-refractivity contribution >= 4 is 21.9 Å². The van der Waals surface area contributed by atoms with Crippen LogP contribution in [0, 0.1) is 5.82 Å². The lowest BCUT2D eigenvalue weighted by atomic mass is 10.1. The number of alkyl halides is 3. The van der Waals surface area contributed by atoms with Crippen molar-refractivity contribution in [2.45, 2.75) is 6.18 Å². The number of aromatic nitrogens is 2. The first kappa shape index (κ1) is 15.4. The second-order valence-electron chi connectivity index (χ2n) is 3.88. The molecule has 4 nitrogen and oxygen atoms in total. The van der Waals surface area contributed by atoms with Gasteiger partial charge in [0, 0.05) is 16.2 Å². The monoisotopic (exact) mass is 364 g/mol. The number of aromatic carboxylic acids is 1. The Labute approximate surface area is 123 Å². The highest BCUT2D eigenvalue weighted by Gasteiger charge is 2.38. The smallest absolute Gasteiger partial charge is 0.434 e. The Hall–Kier alpha value is -2.03. The van der Waals surface area contributed by atoms with Gasteiger partial charge in [0.2, 0.25) is 0 Å². The van der Waals surface area contributed by atoms with Crippen LogP contribution in [0.2, 0.25) is 0 Å². The van der Waals surface area contributed by atoms with Crippen molar-refractivity contribution in [1.82, 2.24) is 9.97 Å². The number of benzene rings is 1. The minimum absolute atomic E-state index is 0.110. The van der Waals surface area contributed by atoms with Crippen LogP contribution in [-0.4, -0.2) is 21.0 Å². The van der Waals surface area contributed by atoms with E-state index in [2.05, 4.69) is 25.9 Å². The summed E-state index contributed by atoms with van der Waals surface area (Å²) in [5.74, 6) is -2.74. The van der Waals surface area contributed by atoms with Gasteiger partial charge in [0.1, 0.15) is 11.4 Å². The molecule has 0 aliphatic heterocycles. The SMILES string of the molecule is O=C(O)c1cnc(-c2ccc(F)cc2Br)nc1C(F)(F)F. The molecule has 0 aliphatic carbocycles. The van der Waals surface area contributed by atoms with Gasteiger partial charge in [-0.2, -0.15) is 13.2 Å². The fourth-order valence-electron chi connectivity index (χ4n) is 1.56. The van der Waals surface area contributed by atoms with Crippen LogP contribution in [-0.2, 0) is 6.18 Å². The molecule has 0 fully saturated rings. The van der Waals surface area contributed by atoms with Crippen LogP contribution >= 0.6 is 15.9 Å². The number of nitrogens with zero attached hydrogens (tertiary/aromatic N) is 2. The number of hydrogen-bond acceptors (Lipinski definition) is 3. The molecular formula is C12H5BrF4N2O2. The number of carboxylic acids is 1. The van der Waals surface area contributed by atoms with Gasteiger partial charge in [-0.1, -0.05) is 0 Å². The van der Waals surface area contributed by atoms with Crippen LogP contribution in [0.5, 0.6) is 0 Å². The Morgan fingerprint density at radius 1 is 1.29 bits per heavy atom. The summed E-state index contributed by atoms with van der Waals surface area (Å²) in [5.41, 5.74) is -2.50. The van der Waals surface area contributed by atoms with Gasteiger partial charge in [-0.3, -0.25) is 0 Å². The predicted octanol–water partition coefficient (Wildman–Crippen LogP) is 3.76. The zero-order valence-electron chi connectivity index (χ0n) is 9.95. The van der Waals surface area contributed by atoms with Crippen molar-refractivity contribution < 1.29 is 27.5 Å². The third kappa shape index (κ3) is 3.18. The van der Waals surface area contributed by atoms with Crippen molar-refractivity contribution in [3.63, 3.8) is 0 Å². The van der Waals surface area contributed by atoms with Crippen LogP contribution in [0.3, 0.4) is 0 Å². The zero-order chi connectivity index (χ0) is 15.8. The fourth-order valence-corrected chi connectivity index (χ4v) is 2.08. The van der Waals surface area contributed by atoms with Crippen molar-refractivity contribution in [3.8, 4) is 11.4 Å². The van der Waals surface area contributed by atoms with Gasteiger partial charge in [-0.15, -0.1) is 0 Å². The first-order valence-corrected chi connectivity index (χ1v) is 6.12. The highest BCUT2D eigenvalue weighted by Crippen LogP contribution is 2.33. The van der Waals surface area contributed by atoms with Crippen LogP contribution in [0.1, 0.15) is 16.1 Å². The lowest BCUT2D eigenvalue weighted by Gasteiger charge is -2.11. The minimum Gasteiger partial charge on any atom is -0.478 e.